The first-order valence-electron chi connectivity index (χ1n) is 4.86. The smallest absolute Gasteiger partial charge is 0.141 e. The Kier molecular flexibility index (Phi) is 4.11. The van der Waals surface area contributed by atoms with Gasteiger partial charge in [-0.25, -0.2) is 4.39 Å². The fourth-order valence-corrected chi connectivity index (χ4v) is 1.85. The number of halogens is 2. The zero-order valence-corrected chi connectivity index (χ0v) is 10.4. The number of benzene rings is 1. The number of nitrogens with two attached hydrogens (primary N) is 1. The minimum Gasteiger partial charge on any atom is -0.506 e. The SMILES string of the molecule is CC(C)C[C@H](N)c1ccc(F)c(Br)c1O. The third kappa shape index (κ3) is 2.92. The summed E-state index contributed by atoms with van der Waals surface area (Å²) in [6, 6.07) is 2.57. The average molecular weight is 276 g/mol. The van der Waals surface area contributed by atoms with Gasteiger partial charge in [0.1, 0.15) is 11.6 Å². The zero-order chi connectivity index (χ0) is 11.6. The van der Waals surface area contributed by atoms with E-state index in [0.29, 0.717) is 11.5 Å². The van der Waals surface area contributed by atoms with Gasteiger partial charge in [0.15, 0.2) is 0 Å². The second-order valence-electron chi connectivity index (χ2n) is 4.04. The van der Waals surface area contributed by atoms with Crippen LogP contribution in [0.2, 0.25) is 0 Å². The molecule has 0 spiro atoms. The summed E-state index contributed by atoms with van der Waals surface area (Å²) < 4.78 is 13.1. The van der Waals surface area contributed by atoms with E-state index in [2.05, 4.69) is 29.8 Å². The Morgan fingerprint density at radius 3 is 2.60 bits per heavy atom. The molecule has 0 heterocycles. The Balaban J connectivity index is 3.00. The number of hydrogen-bond acceptors (Lipinski definition) is 2. The van der Waals surface area contributed by atoms with E-state index in [-0.39, 0.29) is 16.3 Å². The van der Waals surface area contributed by atoms with Crippen LogP contribution < -0.4 is 5.73 Å². The fraction of sp³-hybridized carbons (Fsp3) is 0.455. The van der Waals surface area contributed by atoms with Crippen LogP contribution in [0.15, 0.2) is 16.6 Å². The lowest BCUT2D eigenvalue weighted by atomic mass is 9.97. The van der Waals surface area contributed by atoms with Gasteiger partial charge in [0.25, 0.3) is 0 Å². The topological polar surface area (TPSA) is 46.2 Å². The third-order valence-electron chi connectivity index (χ3n) is 2.23. The van der Waals surface area contributed by atoms with Gasteiger partial charge in [0.2, 0.25) is 0 Å². The summed E-state index contributed by atoms with van der Waals surface area (Å²) >= 11 is 2.98. The molecule has 1 aromatic carbocycles. The molecule has 0 aliphatic heterocycles. The van der Waals surface area contributed by atoms with E-state index in [4.69, 9.17) is 5.73 Å². The van der Waals surface area contributed by atoms with Crippen LogP contribution in [0.3, 0.4) is 0 Å². The van der Waals surface area contributed by atoms with Crippen molar-refractivity contribution in [3.63, 3.8) is 0 Å². The Morgan fingerprint density at radius 2 is 2.07 bits per heavy atom. The number of phenols is 1. The van der Waals surface area contributed by atoms with Gasteiger partial charge in [-0.3, -0.25) is 0 Å². The van der Waals surface area contributed by atoms with E-state index in [0.717, 1.165) is 6.42 Å². The minimum absolute atomic E-state index is 0.0826. The predicted molar refractivity (Wildman–Crippen MR) is 62.1 cm³/mol. The molecule has 1 atom stereocenters. The molecule has 0 aliphatic carbocycles. The van der Waals surface area contributed by atoms with Crippen molar-refractivity contribution < 1.29 is 9.50 Å². The van der Waals surface area contributed by atoms with Crippen molar-refractivity contribution in [2.45, 2.75) is 26.3 Å². The molecular formula is C11H15BrFNO. The summed E-state index contributed by atoms with van der Waals surface area (Å²) in [6.07, 6.45) is 0.756. The van der Waals surface area contributed by atoms with Crippen LogP contribution in [0.1, 0.15) is 31.9 Å². The van der Waals surface area contributed by atoms with Crippen LogP contribution in [0, 0.1) is 11.7 Å². The molecule has 3 N–H and O–H groups in total. The lowest BCUT2D eigenvalue weighted by molar-refractivity contribution is 0.436. The maximum Gasteiger partial charge on any atom is 0.141 e. The molecular weight excluding hydrogens is 261 g/mol. The minimum atomic E-state index is -0.479. The summed E-state index contributed by atoms with van der Waals surface area (Å²) in [7, 11) is 0. The second-order valence-corrected chi connectivity index (χ2v) is 4.83. The molecule has 1 rings (SSSR count). The van der Waals surface area contributed by atoms with Crippen molar-refractivity contribution in [2.75, 3.05) is 0 Å². The number of aromatic hydroxyl groups is 1. The van der Waals surface area contributed by atoms with E-state index in [1.54, 1.807) is 0 Å². The molecule has 0 saturated heterocycles. The Bertz CT molecular complexity index is 355. The van der Waals surface area contributed by atoms with Crippen molar-refractivity contribution in [2.24, 2.45) is 11.7 Å². The molecule has 0 fully saturated rings. The van der Waals surface area contributed by atoms with Crippen molar-refractivity contribution in [1.82, 2.24) is 0 Å². The molecule has 0 unspecified atom stereocenters. The van der Waals surface area contributed by atoms with Crippen molar-refractivity contribution in [3.05, 3.63) is 28.0 Å². The largest absolute Gasteiger partial charge is 0.506 e. The average Bonchev–Trinajstić information content (AvgIpc) is 2.13. The van der Waals surface area contributed by atoms with Crippen molar-refractivity contribution in [3.8, 4) is 5.75 Å². The van der Waals surface area contributed by atoms with Crippen LogP contribution >= 0.6 is 15.9 Å². The maximum atomic E-state index is 13.0. The standard InChI is InChI=1S/C11H15BrFNO/c1-6(2)5-9(14)7-3-4-8(13)10(12)11(7)15/h3-4,6,9,15H,5,14H2,1-2H3/t9-/m0/s1. The van der Waals surface area contributed by atoms with Gasteiger partial charge in [0.05, 0.1) is 4.47 Å². The number of hydrogen-bond donors (Lipinski definition) is 2. The molecule has 2 nitrogen and oxygen atoms in total. The van der Waals surface area contributed by atoms with Crippen LogP contribution in [0.25, 0.3) is 0 Å². The normalized spacial score (nSPS) is 13.2. The van der Waals surface area contributed by atoms with Gasteiger partial charge in [-0.2, -0.15) is 0 Å². The van der Waals surface area contributed by atoms with Crippen molar-refractivity contribution in [1.29, 1.82) is 0 Å². The summed E-state index contributed by atoms with van der Waals surface area (Å²) in [5, 5.41) is 9.69. The van der Waals surface area contributed by atoms with E-state index < -0.39 is 5.82 Å². The zero-order valence-electron chi connectivity index (χ0n) is 8.80. The van der Waals surface area contributed by atoms with Crippen LogP contribution in [-0.2, 0) is 0 Å². The van der Waals surface area contributed by atoms with Gasteiger partial charge < -0.3 is 10.8 Å². The lowest BCUT2D eigenvalue weighted by Crippen LogP contribution is -2.13. The molecule has 4 heteroatoms. The van der Waals surface area contributed by atoms with E-state index in [9.17, 15) is 9.50 Å². The van der Waals surface area contributed by atoms with Crippen molar-refractivity contribution >= 4 is 15.9 Å². The molecule has 0 radical (unpaired) electrons. The number of rotatable bonds is 3. The fourth-order valence-electron chi connectivity index (χ4n) is 1.49. The first-order valence-corrected chi connectivity index (χ1v) is 5.65. The van der Waals surface area contributed by atoms with Gasteiger partial charge in [-0.1, -0.05) is 19.9 Å². The molecule has 0 amide bonds. The van der Waals surface area contributed by atoms with E-state index in [1.165, 1.54) is 12.1 Å². The van der Waals surface area contributed by atoms with Crippen LogP contribution in [-0.4, -0.2) is 5.11 Å². The van der Waals surface area contributed by atoms with Gasteiger partial charge in [-0.05, 0) is 34.3 Å². The first kappa shape index (κ1) is 12.5. The predicted octanol–water partition coefficient (Wildman–Crippen LogP) is 3.34. The van der Waals surface area contributed by atoms with E-state index >= 15 is 0 Å². The number of phenolic OH excluding ortho intramolecular Hbond substituents is 1. The molecule has 0 bridgehead atoms. The van der Waals surface area contributed by atoms with Crippen LogP contribution in [0.4, 0.5) is 4.39 Å². The van der Waals surface area contributed by atoms with E-state index in [1.807, 2.05) is 0 Å². The third-order valence-corrected chi connectivity index (χ3v) is 2.98. The van der Waals surface area contributed by atoms with Gasteiger partial charge >= 0.3 is 0 Å². The monoisotopic (exact) mass is 275 g/mol. The highest BCUT2D eigenvalue weighted by Crippen LogP contribution is 2.34. The maximum absolute atomic E-state index is 13.0. The summed E-state index contributed by atoms with van der Waals surface area (Å²) in [5.41, 5.74) is 6.49. The quantitative estimate of drug-likeness (QED) is 0.889. The van der Waals surface area contributed by atoms with Gasteiger partial charge in [0, 0.05) is 11.6 Å². The Hall–Kier alpha value is -0.610. The van der Waals surface area contributed by atoms with Gasteiger partial charge in [-0.15, -0.1) is 0 Å². The molecule has 0 aromatic heterocycles. The van der Waals surface area contributed by atoms with Crippen LogP contribution in [0.5, 0.6) is 5.75 Å². The molecule has 84 valence electrons. The first-order chi connectivity index (χ1) is 6.93. The molecule has 0 saturated carbocycles. The highest BCUT2D eigenvalue weighted by Gasteiger charge is 2.16. The Labute approximate surface area is 97.4 Å². The molecule has 0 aliphatic rings. The molecule has 1 aromatic rings. The summed E-state index contributed by atoms with van der Waals surface area (Å²) in [4.78, 5) is 0. The molecule has 15 heavy (non-hydrogen) atoms. The summed E-state index contributed by atoms with van der Waals surface area (Å²) in [6.45, 7) is 4.10. The highest BCUT2D eigenvalue weighted by molar-refractivity contribution is 9.10. The lowest BCUT2D eigenvalue weighted by Gasteiger charge is -2.16. The summed E-state index contributed by atoms with van der Waals surface area (Å²) in [5.74, 6) is -0.139. The Morgan fingerprint density at radius 1 is 1.47 bits per heavy atom. The second kappa shape index (κ2) is 4.94. The highest BCUT2D eigenvalue weighted by atomic mass is 79.9.